The molecule has 0 saturated heterocycles. The standard InChI is InChI=1S/C23H42N4O3S/c1-17(2)7-5-8-18(3)9-6-10-19(4)12-14-31-16-21(22(28)29)27-15-20(24)11-13-26-23(25)30/h7,9,12,20-21,27H,5-6,8,10-11,13-16,24H2,1-4H3,(H,28,29)(H3,25,26,30)/b18-9+,19-12+/t20?,21-/m1/s1. The molecule has 178 valence electrons. The first-order chi connectivity index (χ1) is 14.6. The van der Waals surface area contributed by atoms with Gasteiger partial charge in [-0.25, -0.2) is 4.79 Å². The van der Waals surface area contributed by atoms with Gasteiger partial charge in [-0.1, -0.05) is 34.9 Å². The van der Waals surface area contributed by atoms with Crippen molar-refractivity contribution in [2.24, 2.45) is 11.5 Å². The molecule has 0 radical (unpaired) electrons. The van der Waals surface area contributed by atoms with Crippen molar-refractivity contribution in [1.29, 1.82) is 0 Å². The highest BCUT2D eigenvalue weighted by atomic mass is 32.2. The summed E-state index contributed by atoms with van der Waals surface area (Å²) in [7, 11) is 0. The summed E-state index contributed by atoms with van der Waals surface area (Å²) in [6.45, 7) is 9.31. The molecule has 0 saturated carbocycles. The van der Waals surface area contributed by atoms with Crippen LogP contribution in [0.3, 0.4) is 0 Å². The lowest BCUT2D eigenvalue weighted by atomic mass is 10.1. The highest BCUT2D eigenvalue weighted by Gasteiger charge is 2.17. The van der Waals surface area contributed by atoms with E-state index in [4.69, 9.17) is 11.5 Å². The zero-order valence-electron chi connectivity index (χ0n) is 19.6. The fourth-order valence-corrected chi connectivity index (χ4v) is 3.75. The molecule has 0 fully saturated rings. The maximum Gasteiger partial charge on any atom is 0.321 e. The van der Waals surface area contributed by atoms with Crippen LogP contribution in [0.5, 0.6) is 0 Å². The number of urea groups is 1. The van der Waals surface area contributed by atoms with Crippen LogP contribution in [-0.4, -0.2) is 53.8 Å². The van der Waals surface area contributed by atoms with Crippen molar-refractivity contribution < 1.29 is 14.7 Å². The predicted molar refractivity (Wildman–Crippen MR) is 132 cm³/mol. The molecule has 7 N–H and O–H groups in total. The summed E-state index contributed by atoms with van der Waals surface area (Å²) < 4.78 is 0. The lowest BCUT2D eigenvalue weighted by Crippen LogP contribution is -2.46. The van der Waals surface area contributed by atoms with Crippen LogP contribution >= 0.6 is 11.8 Å². The number of hydrogen-bond acceptors (Lipinski definition) is 5. The minimum absolute atomic E-state index is 0.251. The fraction of sp³-hybridized carbons (Fsp3) is 0.652. The number of carbonyl (C=O) groups is 2. The molecule has 2 atom stereocenters. The monoisotopic (exact) mass is 454 g/mol. The van der Waals surface area contributed by atoms with Crippen molar-refractivity contribution in [3.05, 3.63) is 34.9 Å². The average molecular weight is 455 g/mol. The van der Waals surface area contributed by atoms with Gasteiger partial charge in [0, 0.05) is 30.6 Å². The van der Waals surface area contributed by atoms with Gasteiger partial charge in [-0.3, -0.25) is 4.79 Å². The minimum atomic E-state index is -0.885. The third-order valence-corrected chi connectivity index (χ3v) is 5.67. The highest BCUT2D eigenvalue weighted by molar-refractivity contribution is 7.99. The van der Waals surface area contributed by atoms with Crippen molar-refractivity contribution >= 4 is 23.8 Å². The summed E-state index contributed by atoms with van der Waals surface area (Å²) in [4.78, 5) is 22.1. The number of carboxylic acid groups (broad SMARTS) is 1. The molecule has 7 nitrogen and oxygen atoms in total. The van der Waals surface area contributed by atoms with Crippen LogP contribution in [0.15, 0.2) is 34.9 Å². The smallest absolute Gasteiger partial charge is 0.321 e. The van der Waals surface area contributed by atoms with Crippen LogP contribution in [0.25, 0.3) is 0 Å². The van der Waals surface area contributed by atoms with Gasteiger partial charge in [0.1, 0.15) is 6.04 Å². The number of amides is 2. The number of carbonyl (C=O) groups excluding carboxylic acids is 1. The van der Waals surface area contributed by atoms with Gasteiger partial charge in [-0.05, 0) is 59.8 Å². The Bertz CT molecular complexity index is 628. The molecule has 0 aromatic heterocycles. The number of allylic oxidation sites excluding steroid dienone is 5. The van der Waals surface area contributed by atoms with Crippen LogP contribution < -0.4 is 22.1 Å². The van der Waals surface area contributed by atoms with Crippen LogP contribution in [0, 0.1) is 0 Å². The maximum atomic E-state index is 11.4. The normalized spacial score (nSPS) is 14.1. The molecule has 0 aromatic rings. The largest absolute Gasteiger partial charge is 0.480 e. The zero-order chi connectivity index (χ0) is 23.6. The van der Waals surface area contributed by atoms with Crippen LogP contribution in [-0.2, 0) is 4.79 Å². The van der Waals surface area contributed by atoms with Crippen LogP contribution in [0.2, 0.25) is 0 Å². The second-order valence-electron chi connectivity index (χ2n) is 8.14. The number of aliphatic carboxylic acids is 1. The molecule has 8 heteroatoms. The van der Waals surface area contributed by atoms with Gasteiger partial charge in [0.25, 0.3) is 0 Å². The van der Waals surface area contributed by atoms with E-state index >= 15 is 0 Å². The Morgan fingerprint density at radius 1 is 1.03 bits per heavy atom. The Hall–Kier alpha value is -1.77. The molecule has 0 spiro atoms. The summed E-state index contributed by atoms with van der Waals surface area (Å²) in [6, 6.07) is -1.49. The van der Waals surface area contributed by atoms with Gasteiger partial charge in [0.15, 0.2) is 0 Å². The van der Waals surface area contributed by atoms with E-state index in [2.05, 4.69) is 56.6 Å². The Balaban J connectivity index is 4.14. The summed E-state index contributed by atoms with van der Waals surface area (Å²) in [5.74, 6) is 0.369. The predicted octanol–water partition coefficient (Wildman–Crippen LogP) is 3.57. The number of nitrogens with two attached hydrogens (primary N) is 2. The van der Waals surface area contributed by atoms with Crippen molar-refractivity contribution in [3.63, 3.8) is 0 Å². The van der Waals surface area contributed by atoms with E-state index in [1.807, 2.05) is 0 Å². The Kier molecular flexibility index (Phi) is 16.8. The summed E-state index contributed by atoms with van der Waals surface area (Å²) in [6.07, 6.45) is 11.6. The molecule has 0 rings (SSSR count). The number of hydrogen-bond donors (Lipinski definition) is 5. The van der Waals surface area contributed by atoms with Crippen molar-refractivity contribution in [2.45, 2.75) is 71.9 Å². The molecule has 1 unspecified atom stereocenters. The van der Waals surface area contributed by atoms with Crippen LogP contribution in [0.1, 0.15) is 59.8 Å². The lowest BCUT2D eigenvalue weighted by Gasteiger charge is -2.17. The summed E-state index contributed by atoms with van der Waals surface area (Å²) >= 11 is 1.59. The van der Waals surface area contributed by atoms with E-state index in [-0.39, 0.29) is 6.04 Å². The van der Waals surface area contributed by atoms with Gasteiger partial charge < -0.3 is 27.2 Å². The maximum absolute atomic E-state index is 11.4. The first-order valence-corrected chi connectivity index (χ1v) is 12.0. The molecule has 0 aliphatic heterocycles. The van der Waals surface area contributed by atoms with Crippen LogP contribution in [0.4, 0.5) is 4.79 Å². The molecule has 2 amide bonds. The number of nitrogens with one attached hydrogen (secondary N) is 2. The summed E-state index contributed by atoms with van der Waals surface area (Å²) in [5.41, 5.74) is 15.1. The molecular weight excluding hydrogens is 412 g/mol. The van der Waals surface area contributed by atoms with Crippen molar-refractivity contribution in [1.82, 2.24) is 10.6 Å². The Morgan fingerprint density at radius 3 is 2.23 bits per heavy atom. The van der Waals surface area contributed by atoms with E-state index < -0.39 is 18.0 Å². The molecule has 0 heterocycles. The van der Waals surface area contributed by atoms with E-state index in [0.717, 1.165) is 31.4 Å². The van der Waals surface area contributed by atoms with E-state index in [0.29, 0.717) is 25.3 Å². The fourth-order valence-electron chi connectivity index (χ4n) is 2.72. The van der Waals surface area contributed by atoms with Gasteiger partial charge in [-0.2, -0.15) is 11.8 Å². The minimum Gasteiger partial charge on any atom is -0.480 e. The number of primary amides is 1. The zero-order valence-corrected chi connectivity index (χ0v) is 20.4. The number of rotatable bonds is 17. The van der Waals surface area contributed by atoms with Crippen molar-refractivity contribution in [2.75, 3.05) is 24.6 Å². The lowest BCUT2D eigenvalue weighted by molar-refractivity contribution is -0.138. The SMILES string of the molecule is CC(C)=CCC/C(C)=C/CC/C(C)=C/CSC[C@@H](NCC(N)CCNC(N)=O)C(=O)O. The first-order valence-electron chi connectivity index (χ1n) is 10.9. The second kappa shape index (κ2) is 17.9. The summed E-state index contributed by atoms with van der Waals surface area (Å²) in [5, 5.41) is 14.9. The van der Waals surface area contributed by atoms with E-state index in [1.165, 1.54) is 16.7 Å². The average Bonchev–Trinajstić information content (AvgIpc) is 2.66. The molecule has 0 aliphatic carbocycles. The number of thioether (sulfide) groups is 1. The Morgan fingerprint density at radius 2 is 1.65 bits per heavy atom. The highest BCUT2D eigenvalue weighted by Crippen LogP contribution is 2.13. The molecule has 0 bridgehead atoms. The van der Waals surface area contributed by atoms with Gasteiger partial charge in [-0.15, -0.1) is 0 Å². The second-order valence-corrected chi connectivity index (χ2v) is 9.21. The number of carboxylic acids is 1. The third kappa shape index (κ3) is 18.7. The first kappa shape index (κ1) is 29.2. The van der Waals surface area contributed by atoms with Gasteiger partial charge in [0.05, 0.1) is 0 Å². The van der Waals surface area contributed by atoms with E-state index in [1.54, 1.807) is 11.8 Å². The van der Waals surface area contributed by atoms with E-state index in [9.17, 15) is 14.7 Å². The quantitative estimate of drug-likeness (QED) is 0.169. The molecule has 0 aromatic carbocycles. The van der Waals surface area contributed by atoms with Gasteiger partial charge >= 0.3 is 12.0 Å². The molecule has 31 heavy (non-hydrogen) atoms. The van der Waals surface area contributed by atoms with Crippen molar-refractivity contribution in [3.8, 4) is 0 Å². The third-order valence-electron chi connectivity index (χ3n) is 4.70. The van der Waals surface area contributed by atoms with Gasteiger partial charge in [0.2, 0.25) is 0 Å². The molecule has 0 aliphatic rings. The molecular formula is C23H42N4O3S. The Labute approximate surface area is 192 Å². The topological polar surface area (TPSA) is 130 Å².